The average Bonchev–Trinajstić information content (AvgIpc) is 2.40. The van der Waals surface area contributed by atoms with Crippen molar-refractivity contribution >= 4 is 15.7 Å². The highest BCUT2D eigenvalue weighted by Crippen LogP contribution is 2.20. The lowest BCUT2D eigenvalue weighted by Gasteiger charge is -2.10. The first-order valence-corrected chi connectivity index (χ1v) is 7.06. The Kier molecular flexibility index (Phi) is 3.68. The van der Waals surface area contributed by atoms with Crippen molar-refractivity contribution in [2.45, 2.75) is 11.8 Å². The number of nitrogens with one attached hydrogen (secondary N) is 1. The Morgan fingerprint density at radius 3 is 2.60 bits per heavy atom. The van der Waals surface area contributed by atoms with E-state index in [0.29, 0.717) is 11.1 Å². The molecule has 0 aliphatic carbocycles. The minimum absolute atomic E-state index is 0.0563. The van der Waals surface area contributed by atoms with Crippen molar-refractivity contribution in [1.29, 1.82) is 5.26 Å². The number of aromatic nitrogens is 1. The van der Waals surface area contributed by atoms with Crippen molar-refractivity contribution in [3.8, 4) is 6.07 Å². The van der Waals surface area contributed by atoms with Gasteiger partial charge in [0.1, 0.15) is 0 Å². The SMILES string of the molecule is Cc1cc(C#N)ccc1S(=O)(=O)Nc1ccc(F)nc1. The summed E-state index contributed by atoms with van der Waals surface area (Å²) in [4.78, 5) is 3.43. The van der Waals surface area contributed by atoms with Gasteiger partial charge >= 0.3 is 0 Å². The molecule has 102 valence electrons. The number of aryl methyl sites for hydroxylation is 1. The van der Waals surface area contributed by atoms with Crippen molar-refractivity contribution < 1.29 is 12.8 Å². The molecule has 20 heavy (non-hydrogen) atoms. The highest BCUT2D eigenvalue weighted by Gasteiger charge is 2.17. The van der Waals surface area contributed by atoms with E-state index in [2.05, 4.69) is 9.71 Å². The molecule has 0 fully saturated rings. The Bertz CT molecular complexity index is 780. The summed E-state index contributed by atoms with van der Waals surface area (Å²) >= 11 is 0. The molecule has 1 aromatic heterocycles. The summed E-state index contributed by atoms with van der Waals surface area (Å²) in [5.74, 6) is -0.692. The Balaban J connectivity index is 2.36. The Morgan fingerprint density at radius 2 is 2.05 bits per heavy atom. The van der Waals surface area contributed by atoms with E-state index in [1.807, 2.05) is 6.07 Å². The van der Waals surface area contributed by atoms with Gasteiger partial charge in [0.25, 0.3) is 10.0 Å². The van der Waals surface area contributed by atoms with Gasteiger partial charge in [-0.1, -0.05) is 0 Å². The molecule has 1 N–H and O–H groups in total. The van der Waals surface area contributed by atoms with E-state index < -0.39 is 16.0 Å². The summed E-state index contributed by atoms with van der Waals surface area (Å²) in [7, 11) is -3.80. The van der Waals surface area contributed by atoms with Crippen LogP contribution in [0.4, 0.5) is 10.1 Å². The lowest BCUT2D eigenvalue weighted by molar-refractivity contribution is 0.583. The van der Waals surface area contributed by atoms with E-state index in [-0.39, 0.29) is 10.6 Å². The lowest BCUT2D eigenvalue weighted by Crippen LogP contribution is -2.14. The van der Waals surface area contributed by atoms with Crippen LogP contribution in [0.15, 0.2) is 41.4 Å². The van der Waals surface area contributed by atoms with Crippen LogP contribution in [0.5, 0.6) is 0 Å². The van der Waals surface area contributed by atoms with E-state index in [1.165, 1.54) is 24.3 Å². The van der Waals surface area contributed by atoms with E-state index in [9.17, 15) is 12.8 Å². The number of hydrogen-bond donors (Lipinski definition) is 1. The van der Waals surface area contributed by atoms with Gasteiger partial charge in [-0.2, -0.15) is 9.65 Å². The number of nitrogens with zero attached hydrogens (tertiary/aromatic N) is 2. The van der Waals surface area contributed by atoms with Crippen molar-refractivity contribution in [1.82, 2.24) is 4.98 Å². The molecule has 1 heterocycles. The number of benzene rings is 1. The summed E-state index contributed by atoms with van der Waals surface area (Å²) in [5, 5.41) is 8.76. The number of pyridine rings is 1. The van der Waals surface area contributed by atoms with Gasteiger partial charge in [0, 0.05) is 0 Å². The summed E-state index contributed by atoms with van der Waals surface area (Å²) in [6.07, 6.45) is 1.09. The fourth-order valence-corrected chi connectivity index (χ4v) is 2.94. The average molecular weight is 291 g/mol. The molecule has 5 nitrogen and oxygen atoms in total. The van der Waals surface area contributed by atoms with Crippen LogP contribution in [0.25, 0.3) is 0 Å². The summed E-state index contributed by atoms with van der Waals surface area (Å²) in [5.41, 5.74) is 0.992. The van der Waals surface area contributed by atoms with Crippen LogP contribution in [0.1, 0.15) is 11.1 Å². The number of hydrogen-bond acceptors (Lipinski definition) is 4. The Hall–Kier alpha value is -2.46. The van der Waals surface area contributed by atoms with Gasteiger partial charge in [-0.05, 0) is 42.8 Å². The van der Waals surface area contributed by atoms with Crippen LogP contribution >= 0.6 is 0 Å². The molecule has 2 rings (SSSR count). The standard InChI is InChI=1S/C13H10FN3O2S/c1-9-6-10(7-15)2-4-12(9)20(18,19)17-11-3-5-13(14)16-8-11/h2-6,8,17H,1H3. The van der Waals surface area contributed by atoms with Crippen LogP contribution in [0, 0.1) is 24.2 Å². The number of halogens is 1. The Labute approximate surface area is 115 Å². The summed E-state index contributed by atoms with van der Waals surface area (Å²) in [6.45, 7) is 1.60. The third-order valence-electron chi connectivity index (χ3n) is 2.57. The van der Waals surface area contributed by atoms with E-state index in [0.717, 1.165) is 12.3 Å². The van der Waals surface area contributed by atoms with Gasteiger partial charge in [-0.25, -0.2) is 13.4 Å². The fourth-order valence-electron chi connectivity index (χ4n) is 1.67. The first-order chi connectivity index (χ1) is 9.42. The molecule has 0 aliphatic heterocycles. The number of sulfonamides is 1. The molecule has 0 aliphatic rings. The van der Waals surface area contributed by atoms with Crippen LogP contribution < -0.4 is 4.72 Å². The molecule has 1 aromatic carbocycles. The van der Waals surface area contributed by atoms with Crippen LogP contribution in [0.2, 0.25) is 0 Å². The van der Waals surface area contributed by atoms with E-state index in [4.69, 9.17) is 5.26 Å². The quantitative estimate of drug-likeness (QED) is 0.879. The maximum Gasteiger partial charge on any atom is 0.262 e. The second-order valence-corrected chi connectivity index (χ2v) is 5.72. The molecule has 0 bridgehead atoms. The highest BCUT2D eigenvalue weighted by atomic mass is 32.2. The largest absolute Gasteiger partial charge is 0.278 e. The highest BCUT2D eigenvalue weighted by molar-refractivity contribution is 7.92. The van der Waals surface area contributed by atoms with Crippen LogP contribution in [0.3, 0.4) is 0 Å². The smallest absolute Gasteiger partial charge is 0.262 e. The zero-order chi connectivity index (χ0) is 14.8. The van der Waals surface area contributed by atoms with Gasteiger partial charge in [-0.15, -0.1) is 0 Å². The topological polar surface area (TPSA) is 82.8 Å². The van der Waals surface area contributed by atoms with E-state index >= 15 is 0 Å². The minimum Gasteiger partial charge on any atom is -0.278 e. The maximum atomic E-state index is 12.7. The zero-order valence-corrected chi connectivity index (χ0v) is 11.3. The molecule has 0 saturated heterocycles. The first kappa shape index (κ1) is 14.0. The second-order valence-electron chi connectivity index (χ2n) is 4.07. The molecule has 0 saturated carbocycles. The van der Waals surface area contributed by atoms with Gasteiger partial charge < -0.3 is 0 Å². The molecule has 0 radical (unpaired) electrons. The van der Waals surface area contributed by atoms with Crippen molar-refractivity contribution in [2.24, 2.45) is 0 Å². The van der Waals surface area contributed by atoms with Crippen LogP contribution in [-0.4, -0.2) is 13.4 Å². The predicted octanol–water partition coefficient (Wildman–Crippen LogP) is 2.20. The second kappa shape index (κ2) is 5.27. The molecule has 0 atom stereocenters. The Morgan fingerprint density at radius 1 is 1.30 bits per heavy atom. The predicted molar refractivity (Wildman–Crippen MR) is 70.9 cm³/mol. The molecule has 2 aromatic rings. The number of nitriles is 1. The summed E-state index contributed by atoms with van der Waals surface area (Å²) < 4.78 is 39.4. The van der Waals surface area contributed by atoms with Crippen molar-refractivity contribution in [3.05, 3.63) is 53.6 Å². The molecule has 7 heteroatoms. The van der Waals surface area contributed by atoms with E-state index in [1.54, 1.807) is 6.92 Å². The minimum atomic E-state index is -3.80. The monoisotopic (exact) mass is 291 g/mol. The first-order valence-electron chi connectivity index (χ1n) is 5.57. The molecule has 0 unspecified atom stereocenters. The van der Waals surface area contributed by atoms with Crippen LogP contribution in [-0.2, 0) is 10.0 Å². The molecular weight excluding hydrogens is 281 g/mol. The molecular formula is C13H10FN3O2S. The third-order valence-corrected chi connectivity index (χ3v) is 4.11. The van der Waals surface area contributed by atoms with Gasteiger partial charge in [0.2, 0.25) is 5.95 Å². The summed E-state index contributed by atoms with van der Waals surface area (Å²) in [6, 6.07) is 8.53. The van der Waals surface area contributed by atoms with Crippen molar-refractivity contribution in [3.63, 3.8) is 0 Å². The molecule has 0 spiro atoms. The maximum absolute atomic E-state index is 12.7. The number of rotatable bonds is 3. The van der Waals surface area contributed by atoms with Crippen molar-refractivity contribution in [2.75, 3.05) is 4.72 Å². The fraction of sp³-hybridized carbons (Fsp3) is 0.0769. The normalized spacial score (nSPS) is 10.8. The molecule has 0 amide bonds. The van der Waals surface area contributed by atoms with Gasteiger partial charge in [0.05, 0.1) is 28.4 Å². The third kappa shape index (κ3) is 2.92. The number of anilines is 1. The zero-order valence-electron chi connectivity index (χ0n) is 10.5. The van der Waals surface area contributed by atoms with Gasteiger partial charge in [0.15, 0.2) is 0 Å². The van der Waals surface area contributed by atoms with Gasteiger partial charge in [-0.3, -0.25) is 4.72 Å². The lowest BCUT2D eigenvalue weighted by atomic mass is 10.2.